The molecule has 98 valence electrons. The summed E-state index contributed by atoms with van der Waals surface area (Å²) in [4.78, 5) is 12.2. The Morgan fingerprint density at radius 1 is 1.00 bits per heavy atom. The number of hydrogen-bond donors (Lipinski definition) is 0. The van der Waals surface area contributed by atoms with Gasteiger partial charge >= 0.3 is 5.97 Å². The molecule has 2 aliphatic heterocycles. The molecule has 5 rings (SSSR count). The summed E-state index contributed by atoms with van der Waals surface area (Å²) in [5, 5.41) is 0. The molecule has 0 aromatic rings. The third kappa shape index (κ3) is 1.36. The molecule has 3 saturated carbocycles. The van der Waals surface area contributed by atoms with Crippen molar-refractivity contribution in [3.8, 4) is 0 Å². The summed E-state index contributed by atoms with van der Waals surface area (Å²) in [5.41, 5.74) is 0. The smallest absolute Gasteiger partial charge is 0.309 e. The number of carbonyl (C=O) groups is 1. The first-order valence-electron chi connectivity index (χ1n) is 7.31. The van der Waals surface area contributed by atoms with E-state index in [9.17, 15) is 4.79 Å². The lowest BCUT2D eigenvalue weighted by Crippen LogP contribution is -2.32. The first-order chi connectivity index (χ1) is 8.79. The number of esters is 1. The molecule has 5 fully saturated rings. The molecule has 2 heterocycles. The standard InChI is InChI=1S/C14H18O4/c15-14(6-1-2-9-11(4-6)16-9)17-10-5-7-3-8(10)13-12(7)18-13/h6-13H,1-5H2. The van der Waals surface area contributed by atoms with Gasteiger partial charge in [-0.1, -0.05) is 0 Å². The minimum atomic E-state index is 0.0266. The molecular formula is C14H18O4. The van der Waals surface area contributed by atoms with E-state index < -0.39 is 0 Å². The maximum absolute atomic E-state index is 12.2. The Kier molecular flexibility index (Phi) is 1.86. The predicted octanol–water partition coefficient (Wildman–Crippen LogP) is 1.27. The normalized spacial score (nSPS) is 58.9. The minimum absolute atomic E-state index is 0.0266. The molecular weight excluding hydrogens is 232 g/mol. The van der Waals surface area contributed by atoms with Crippen LogP contribution in [0.1, 0.15) is 32.1 Å². The van der Waals surface area contributed by atoms with Crippen molar-refractivity contribution in [1.82, 2.24) is 0 Å². The van der Waals surface area contributed by atoms with Gasteiger partial charge in [0.05, 0.1) is 30.3 Å². The van der Waals surface area contributed by atoms with Crippen LogP contribution in [0.2, 0.25) is 0 Å². The summed E-state index contributed by atoms with van der Waals surface area (Å²) in [7, 11) is 0. The third-order valence-electron chi connectivity index (χ3n) is 5.64. The van der Waals surface area contributed by atoms with Crippen molar-refractivity contribution in [2.75, 3.05) is 0 Å². The molecule has 5 aliphatic rings. The van der Waals surface area contributed by atoms with Crippen molar-refractivity contribution < 1.29 is 19.0 Å². The van der Waals surface area contributed by atoms with Crippen molar-refractivity contribution in [2.45, 2.75) is 62.6 Å². The van der Waals surface area contributed by atoms with Crippen LogP contribution in [0.25, 0.3) is 0 Å². The Morgan fingerprint density at radius 3 is 2.72 bits per heavy atom. The second kappa shape index (κ2) is 3.28. The lowest BCUT2D eigenvalue weighted by Gasteiger charge is -2.24. The average molecular weight is 250 g/mol. The summed E-state index contributed by atoms with van der Waals surface area (Å²) >= 11 is 0. The highest BCUT2D eigenvalue weighted by atomic mass is 16.6. The molecule has 2 saturated heterocycles. The van der Waals surface area contributed by atoms with Crippen LogP contribution < -0.4 is 0 Å². The highest BCUT2D eigenvalue weighted by Crippen LogP contribution is 2.57. The summed E-state index contributed by atoms with van der Waals surface area (Å²) in [5.74, 6) is 1.28. The lowest BCUT2D eigenvalue weighted by molar-refractivity contribution is -0.157. The van der Waals surface area contributed by atoms with Gasteiger partial charge in [-0.15, -0.1) is 0 Å². The number of carbonyl (C=O) groups excluding carboxylic acids is 1. The highest BCUT2D eigenvalue weighted by Gasteiger charge is 2.64. The topological polar surface area (TPSA) is 51.4 Å². The third-order valence-corrected chi connectivity index (χ3v) is 5.64. The maximum Gasteiger partial charge on any atom is 0.309 e. The number of fused-ring (bicyclic) bond motifs is 6. The average Bonchev–Trinajstić information content (AvgIpc) is 3.27. The Bertz CT molecular complexity index is 409. The van der Waals surface area contributed by atoms with Crippen LogP contribution in [0.3, 0.4) is 0 Å². The maximum atomic E-state index is 12.2. The first-order valence-corrected chi connectivity index (χ1v) is 7.31. The number of ether oxygens (including phenoxy) is 3. The summed E-state index contributed by atoms with van der Waals surface area (Å²) in [6.07, 6.45) is 7.00. The second-order valence-electron chi connectivity index (χ2n) is 6.66. The molecule has 0 spiro atoms. The predicted molar refractivity (Wildman–Crippen MR) is 60.8 cm³/mol. The molecule has 4 nitrogen and oxygen atoms in total. The van der Waals surface area contributed by atoms with E-state index in [1.54, 1.807) is 0 Å². The minimum Gasteiger partial charge on any atom is -0.462 e. The van der Waals surface area contributed by atoms with Gasteiger partial charge in [0.1, 0.15) is 6.10 Å². The molecule has 0 amide bonds. The molecule has 0 aromatic heterocycles. The van der Waals surface area contributed by atoms with Gasteiger partial charge in [-0.05, 0) is 38.0 Å². The van der Waals surface area contributed by atoms with Crippen LogP contribution >= 0.6 is 0 Å². The Balaban J connectivity index is 1.23. The van der Waals surface area contributed by atoms with Gasteiger partial charge in [0, 0.05) is 5.92 Å². The largest absolute Gasteiger partial charge is 0.462 e. The van der Waals surface area contributed by atoms with E-state index in [1.165, 1.54) is 6.42 Å². The van der Waals surface area contributed by atoms with E-state index in [-0.39, 0.29) is 18.0 Å². The SMILES string of the molecule is O=C(OC1CC2CC1C1OC21)C1CCC2OC2C1. The van der Waals surface area contributed by atoms with E-state index in [1.807, 2.05) is 0 Å². The van der Waals surface area contributed by atoms with E-state index in [4.69, 9.17) is 14.2 Å². The fourth-order valence-corrected chi connectivity index (χ4v) is 4.54. The van der Waals surface area contributed by atoms with E-state index in [2.05, 4.69) is 0 Å². The molecule has 8 atom stereocenters. The van der Waals surface area contributed by atoms with Gasteiger partial charge in [0.15, 0.2) is 0 Å². The molecule has 2 bridgehead atoms. The van der Waals surface area contributed by atoms with Crippen LogP contribution in [0, 0.1) is 17.8 Å². The van der Waals surface area contributed by atoms with Crippen molar-refractivity contribution in [3.05, 3.63) is 0 Å². The number of hydrogen-bond acceptors (Lipinski definition) is 4. The summed E-state index contributed by atoms with van der Waals surface area (Å²) < 4.78 is 16.9. The van der Waals surface area contributed by atoms with Gasteiger partial charge in [-0.2, -0.15) is 0 Å². The Morgan fingerprint density at radius 2 is 1.94 bits per heavy atom. The van der Waals surface area contributed by atoms with Crippen LogP contribution in [0.5, 0.6) is 0 Å². The first kappa shape index (κ1) is 10.2. The number of rotatable bonds is 2. The van der Waals surface area contributed by atoms with Gasteiger partial charge in [-0.3, -0.25) is 4.79 Å². The van der Waals surface area contributed by atoms with Crippen molar-refractivity contribution in [2.24, 2.45) is 17.8 Å². The Labute approximate surface area is 106 Å². The summed E-state index contributed by atoms with van der Waals surface area (Å²) in [6, 6.07) is 0. The zero-order valence-corrected chi connectivity index (χ0v) is 10.3. The number of epoxide rings is 2. The van der Waals surface area contributed by atoms with Gasteiger partial charge in [0.25, 0.3) is 0 Å². The molecule has 3 aliphatic carbocycles. The summed E-state index contributed by atoms with van der Waals surface area (Å²) in [6.45, 7) is 0. The molecule has 8 unspecified atom stereocenters. The molecule has 0 aromatic carbocycles. The van der Waals surface area contributed by atoms with Crippen LogP contribution in [0.15, 0.2) is 0 Å². The van der Waals surface area contributed by atoms with E-state index in [0.717, 1.165) is 25.7 Å². The van der Waals surface area contributed by atoms with Gasteiger partial charge < -0.3 is 14.2 Å². The lowest BCUT2D eigenvalue weighted by atomic mass is 9.89. The zero-order chi connectivity index (χ0) is 11.9. The van der Waals surface area contributed by atoms with Crippen LogP contribution in [0.4, 0.5) is 0 Å². The molecule has 18 heavy (non-hydrogen) atoms. The zero-order valence-electron chi connectivity index (χ0n) is 10.3. The van der Waals surface area contributed by atoms with Crippen molar-refractivity contribution >= 4 is 5.97 Å². The fraction of sp³-hybridized carbons (Fsp3) is 0.929. The van der Waals surface area contributed by atoms with Crippen molar-refractivity contribution in [1.29, 1.82) is 0 Å². The fourth-order valence-electron chi connectivity index (χ4n) is 4.54. The quantitative estimate of drug-likeness (QED) is 0.547. The molecule has 0 radical (unpaired) electrons. The second-order valence-corrected chi connectivity index (χ2v) is 6.66. The molecule has 4 heteroatoms. The van der Waals surface area contributed by atoms with E-state index in [0.29, 0.717) is 36.3 Å². The van der Waals surface area contributed by atoms with E-state index >= 15 is 0 Å². The van der Waals surface area contributed by atoms with Gasteiger partial charge in [-0.25, -0.2) is 0 Å². The molecule has 0 N–H and O–H groups in total. The van der Waals surface area contributed by atoms with Crippen LogP contribution in [-0.4, -0.2) is 36.5 Å². The van der Waals surface area contributed by atoms with Crippen molar-refractivity contribution in [3.63, 3.8) is 0 Å². The van der Waals surface area contributed by atoms with Gasteiger partial charge in [0.2, 0.25) is 0 Å². The Hall–Kier alpha value is -0.610. The van der Waals surface area contributed by atoms with Crippen LogP contribution in [-0.2, 0) is 19.0 Å². The monoisotopic (exact) mass is 250 g/mol. The highest BCUT2D eigenvalue weighted by molar-refractivity contribution is 5.73.